The molecule has 22 heavy (non-hydrogen) atoms. The van der Waals surface area contributed by atoms with Gasteiger partial charge in [0, 0.05) is 18.1 Å². The van der Waals surface area contributed by atoms with E-state index in [4.69, 9.17) is 4.74 Å². The van der Waals surface area contributed by atoms with E-state index in [1.807, 2.05) is 24.3 Å². The number of nitrogens with one attached hydrogen (secondary N) is 1. The average molecular weight is 297 g/mol. The molecule has 3 rings (SSSR count). The lowest BCUT2D eigenvalue weighted by Crippen LogP contribution is -2.30. The summed E-state index contributed by atoms with van der Waals surface area (Å²) in [6.45, 7) is 0.587. The predicted octanol–water partition coefficient (Wildman–Crippen LogP) is 3.48. The Bertz CT molecular complexity index is 694. The van der Waals surface area contributed by atoms with Crippen molar-refractivity contribution in [3.8, 4) is 5.75 Å². The highest BCUT2D eigenvalue weighted by atomic mass is 19.1. The number of carbonyl (C=O) groups is 1. The maximum Gasteiger partial charge on any atom is 0.244 e. The van der Waals surface area contributed by atoms with Crippen LogP contribution in [-0.4, -0.2) is 12.5 Å². The maximum absolute atomic E-state index is 12.8. The molecule has 3 nitrogen and oxygen atoms in total. The molecule has 1 heterocycles. The van der Waals surface area contributed by atoms with Crippen LogP contribution < -0.4 is 10.1 Å². The van der Waals surface area contributed by atoms with E-state index in [9.17, 15) is 9.18 Å². The van der Waals surface area contributed by atoms with Crippen molar-refractivity contribution in [2.45, 2.75) is 12.5 Å². The molecule has 1 aliphatic heterocycles. The summed E-state index contributed by atoms with van der Waals surface area (Å²) in [5, 5.41) is 2.98. The van der Waals surface area contributed by atoms with E-state index in [2.05, 4.69) is 5.32 Å². The fourth-order valence-electron chi connectivity index (χ4n) is 2.46. The summed E-state index contributed by atoms with van der Waals surface area (Å²) in [5.41, 5.74) is 1.78. The third-order valence-electron chi connectivity index (χ3n) is 3.57. The highest BCUT2D eigenvalue weighted by Crippen LogP contribution is 2.31. The summed E-state index contributed by atoms with van der Waals surface area (Å²) in [4.78, 5) is 12.0. The number of rotatable bonds is 3. The molecule has 4 heteroatoms. The Labute approximate surface area is 128 Å². The number of hydrogen-bond donors (Lipinski definition) is 1. The van der Waals surface area contributed by atoms with Gasteiger partial charge in [0.05, 0.1) is 12.6 Å². The summed E-state index contributed by atoms with van der Waals surface area (Å²) >= 11 is 0. The highest BCUT2D eigenvalue weighted by molar-refractivity contribution is 5.92. The van der Waals surface area contributed by atoms with Crippen LogP contribution in [0.3, 0.4) is 0 Å². The minimum atomic E-state index is -0.291. The summed E-state index contributed by atoms with van der Waals surface area (Å²) in [6.07, 6.45) is 3.87. The molecule has 2 aromatic carbocycles. The summed E-state index contributed by atoms with van der Waals surface area (Å²) in [5.74, 6) is 0.355. The number of carbonyl (C=O) groups excluding carboxylic acids is 1. The largest absolute Gasteiger partial charge is 0.493 e. The lowest BCUT2D eigenvalue weighted by Gasteiger charge is -2.26. The quantitative estimate of drug-likeness (QED) is 0.881. The minimum absolute atomic E-state index is 0.0460. The van der Waals surface area contributed by atoms with Crippen molar-refractivity contribution in [2.75, 3.05) is 6.61 Å². The molecule has 0 saturated carbocycles. The third-order valence-corrected chi connectivity index (χ3v) is 3.57. The van der Waals surface area contributed by atoms with Crippen molar-refractivity contribution in [3.05, 3.63) is 71.6 Å². The van der Waals surface area contributed by atoms with Crippen molar-refractivity contribution in [1.82, 2.24) is 5.32 Å². The Balaban J connectivity index is 1.66. The summed E-state index contributed by atoms with van der Waals surface area (Å²) in [6, 6.07) is 13.7. The second-order valence-electron chi connectivity index (χ2n) is 5.12. The molecule has 1 amide bonds. The molecule has 0 bridgehead atoms. The Hall–Kier alpha value is -2.62. The molecule has 0 spiro atoms. The number of halogens is 1. The first-order valence-electron chi connectivity index (χ1n) is 7.18. The zero-order chi connectivity index (χ0) is 15.4. The first-order chi connectivity index (χ1) is 10.7. The van der Waals surface area contributed by atoms with E-state index >= 15 is 0 Å². The number of benzene rings is 2. The zero-order valence-electron chi connectivity index (χ0n) is 12.0. The first-order valence-corrected chi connectivity index (χ1v) is 7.18. The van der Waals surface area contributed by atoms with Crippen LogP contribution >= 0.6 is 0 Å². The standard InChI is InChI=1S/C18H16FNO2/c19-14-8-5-13(6-9-14)7-10-18(21)20-16-11-12-22-17-4-2-1-3-15(16)17/h1-10,16H,11-12H2,(H,20,21)/b10-7+. The van der Waals surface area contributed by atoms with Crippen molar-refractivity contribution in [2.24, 2.45) is 0 Å². The lowest BCUT2D eigenvalue weighted by molar-refractivity contribution is -0.117. The Morgan fingerprint density at radius 2 is 1.95 bits per heavy atom. The lowest BCUT2D eigenvalue weighted by atomic mass is 10.0. The van der Waals surface area contributed by atoms with Gasteiger partial charge in [0.1, 0.15) is 11.6 Å². The van der Waals surface area contributed by atoms with Crippen LogP contribution in [0.1, 0.15) is 23.6 Å². The van der Waals surface area contributed by atoms with Crippen molar-refractivity contribution in [1.29, 1.82) is 0 Å². The van der Waals surface area contributed by atoms with Crippen molar-refractivity contribution >= 4 is 12.0 Å². The average Bonchev–Trinajstić information content (AvgIpc) is 2.55. The second-order valence-corrected chi connectivity index (χ2v) is 5.12. The summed E-state index contributed by atoms with van der Waals surface area (Å²) < 4.78 is 18.4. The maximum atomic E-state index is 12.8. The Morgan fingerprint density at radius 3 is 2.77 bits per heavy atom. The molecule has 112 valence electrons. The Morgan fingerprint density at radius 1 is 1.18 bits per heavy atom. The van der Waals surface area contributed by atoms with E-state index in [1.165, 1.54) is 18.2 Å². The number of para-hydroxylation sites is 1. The van der Waals surface area contributed by atoms with Crippen LogP contribution in [0, 0.1) is 5.82 Å². The minimum Gasteiger partial charge on any atom is -0.493 e. The molecule has 2 aromatic rings. The number of hydrogen-bond acceptors (Lipinski definition) is 2. The normalized spacial score (nSPS) is 16.9. The van der Waals surface area contributed by atoms with Crippen LogP contribution in [0.5, 0.6) is 5.75 Å². The first kappa shape index (κ1) is 14.3. The van der Waals surface area contributed by atoms with Gasteiger partial charge in [-0.05, 0) is 29.8 Å². The molecule has 0 saturated heterocycles. The van der Waals surface area contributed by atoms with Crippen molar-refractivity contribution < 1.29 is 13.9 Å². The molecular weight excluding hydrogens is 281 g/mol. The SMILES string of the molecule is O=C(/C=C/c1ccc(F)cc1)NC1CCOc2ccccc21. The third kappa shape index (κ3) is 3.34. The molecule has 1 unspecified atom stereocenters. The van der Waals surface area contributed by atoms with Gasteiger partial charge < -0.3 is 10.1 Å². The van der Waals surface area contributed by atoms with Gasteiger partial charge in [-0.15, -0.1) is 0 Å². The van der Waals surface area contributed by atoms with E-state index in [0.29, 0.717) is 6.61 Å². The van der Waals surface area contributed by atoms with Gasteiger partial charge in [-0.25, -0.2) is 4.39 Å². The second kappa shape index (κ2) is 6.43. The molecule has 1 N–H and O–H groups in total. The molecule has 0 aromatic heterocycles. The van der Waals surface area contributed by atoms with Gasteiger partial charge in [-0.2, -0.15) is 0 Å². The van der Waals surface area contributed by atoms with Crippen LogP contribution in [-0.2, 0) is 4.79 Å². The van der Waals surface area contributed by atoms with E-state index in [0.717, 1.165) is 23.3 Å². The molecular formula is C18H16FNO2. The zero-order valence-corrected chi connectivity index (χ0v) is 12.0. The Kier molecular flexibility index (Phi) is 4.19. The number of fused-ring (bicyclic) bond motifs is 1. The predicted molar refractivity (Wildman–Crippen MR) is 82.9 cm³/mol. The molecule has 0 radical (unpaired) electrons. The van der Waals surface area contributed by atoms with Gasteiger partial charge in [0.15, 0.2) is 0 Å². The van der Waals surface area contributed by atoms with E-state index < -0.39 is 0 Å². The molecule has 1 atom stereocenters. The van der Waals surface area contributed by atoms with Crippen LogP contribution in [0.4, 0.5) is 4.39 Å². The molecule has 0 aliphatic carbocycles. The molecule has 0 fully saturated rings. The smallest absolute Gasteiger partial charge is 0.244 e. The van der Waals surface area contributed by atoms with Crippen LogP contribution in [0.25, 0.3) is 6.08 Å². The summed E-state index contributed by atoms with van der Waals surface area (Å²) in [7, 11) is 0. The van der Waals surface area contributed by atoms with Gasteiger partial charge in [0.2, 0.25) is 5.91 Å². The van der Waals surface area contributed by atoms with Gasteiger partial charge in [-0.3, -0.25) is 4.79 Å². The van der Waals surface area contributed by atoms with Crippen molar-refractivity contribution in [3.63, 3.8) is 0 Å². The van der Waals surface area contributed by atoms with Gasteiger partial charge in [-0.1, -0.05) is 30.3 Å². The molecule has 1 aliphatic rings. The fourth-order valence-corrected chi connectivity index (χ4v) is 2.46. The topological polar surface area (TPSA) is 38.3 Å². The number of amides is 1. The highest BCUT2D eigenvalue weighted by Gasteiger charge is 2.21. The number of ether oxygens (including phenoxy) is 1. The van der Waals surface area contributed by atoms with Gasteiger partial charge >= 0.3 is 0 Å². The van der Waals surface area contributed by atoms with Gasteiger partial charge in [0.25, 0.3) is 0 Å². The van der Waals surface area contributed by atoms with E-state index in [1.54, 1.807) is 18.2 Å². The monoisotopic (exact) mass is 297 g/mol. The van der Waals surface area contributed by atoms with E-state index in [-0.39, 0.29) is 17.8 Å². The van der Waals surface area contributed by atoms with Crippen LogP contribution in [0.2, 0.25) is 0 Å². The fraction of sp³-hybridized carbons (Fsp3) is 0.167. The van der Waals surface area contributed by atoms with Crippen LogP contribution in [0.15, 0.2) is 54.6 Å².